The molecule has 0 bridgehead atoms. The second kappa shape index (κ2) is 5.55. The van der Waals surface area contributed by atoms with Crippen LogP contribution in [-0.4, -0.2) is 15.0 Å². The summed E-state index contributed by atoms with van der Waals surface area (Å²) in [6.45, 7) is 0. The zero-order valence-electron chi connectivity index (χ0n) is 8.34. The minimum atomic E-state index is 0.743. The fourth-order valence-electron chi connectivity index (χ4n) is 1.08. The topological polar surface area (TPSA) is 50.7 Å². The Morgan fingerprint density at radius 2 is 1.94 bits per heavy atom. The molecular weight excluding hydrogens is 315 g/mol. The molecule has 0 aromatic carbocycles. The second-order valence-corrected chi connectivity index (χ2v) is 3.94. The van der Waals surface area contributed by atoms with Crippen LogP contribution in [-0.2, 0) is 0 Å². The Labute approximate surface area is 107 Å². The Kier molecular flexibility index (Phi) is 3.81. The normalized spacial score (nSPS) is 10.6. The molecule has 0 saturated carbocycles. The summed E-state index contributed by atoms with van der Waals surface area (Å²) in [5, 5.41) is 3.06. The number of aromatic nitrogens is 3. The van der Waals surface area contributed by atoms with Gasteiger partial charge in [-0.15, -0.1) is 0 Å². The standard InChI is InChI=1S/C11H9IN4/c12-11-15-7-9(8-16-11)4-6-14-10-3-1-2-5-13-10/h1-8H,(H,13,14)/b6-4+. The van der Waals surface area contributed by atoms with Crippen LogP contribution >= 0.6 is 22.6 Å². The van der Waals surface area contributed by atoms with Crippen molar-refractivity contribution in [2.75, 3.05) is 5.32 Å². The fraction of sp³-hybridized carbons (Fsp3) is 0. The summed E-state index contributed by atoms with van der Waals surface area (Å²) < 4.78 is 0.743. The lowest BCUT2D eigenvalue weighted by molar-refractivity contribution is 1.10. The van der Waals surface area contributed by atoms with Gasteiger partial charge in [-0.1, -0.05) is 6.07 Å². The number of pyridine rings is 1. The van der Waals surface area contributed by atoms with Gasteiger partial charge in [0.05, 0.1) is 0 Å². The van der Waals surface area contributed by atoms with E-state index in [9.17, 15) is 0 Å². The second-order valence-electron chi connectivity index (χ2n) is 2.98. The minimum Gasteiger partial charge on any atom is -0.347 e. The van der Waals surface area contributed by atoms with Crippen LogP contribution in [0.15, 0.2) is 43.0 Å². The van der Waals surface area contributed by atoms with E-state index in [0.29, 0.717) is 0 Å². The first-order valence-electron chi connectivity index (χ1n) is 4.66. The molecule has 2 aromatic heterocycles. The Hall–Kier alpha value is -1.50. The van der Waals surface area contributed by atoms with E-state index in [1.165, 1.54) is 0 Å². The minimum absolute atomic E-state index is 0.743. The van der Waals surface area contributed by atoms with Gasteiger partial charge in [0, 0.05) is 52.9 Å². The molecule has 0 fully saturated rings. The maximum atomic E-state index is 4.13. The highest BCUT2D eigenvalue weighted by atomic mass is 127. The van der Waals surface area contributed by atoms with E-state index < -0.39 is 0 Å². The summed E-state index contributed by atoms with van der Waals surface area (Å²) in [6, 6.07) is 5.70. The highest BCUT2D eigenvalue weighted by molar-refractivity contribution is 14.1. The molecule has 0 unspecified atom stereocenters. The fourth-order valence-corrected chi connectivity index (χ4v) is 1.36. The van der Waals surface area contributed by atoms with Crippen molar-refractivity contribution in [1.82, 2.24) is 15.0 Å². The number of anilines is 1. The van der Waals surface area contributed by atoms with Gasteiger partial charge in [-0.25, -0.2) is 15.0 Å². The van der Waals surface area contributed by atoms with Gasteiger partial charge in [0.1, 0.15) is 5.82 Å². The van der Waals surface area contributed by atoms with Crippen LogP contribution in [0.1, 0.15) is 5.56 Å². The summed E-state index contributed by atoms with van der Waals surface area (Å²) in [5.74, 6) is 0.810. The third kappa shape index (κ3) is 3.27. The summed E-state index contributed by atoms with van der Waals surface area (Å²) >= 11 is 2.07. The summed E-state index contributed by atoms with van der Waals surface area (Å²) in [6.07, 6.45) is 8.99. The molecule has 5 heteroatoms. The molecule has 16 heavy (non-hydrogen) atoms. The van der Waals surface area contributed by atoms with Crippen molar-refractivity contribution in [2.45, 2.75) is 0 Å². The van der Waals surface area contributed by atoms with Crippen LogP contribution in [0, 0.1) is 3.83 Å². The maximum Gasteiger partial charge on any atom is 0.190 e. The van der Waals surface area contributed by atoms with Crippen LogP contribution in [0.3, 0.4) is 0 Å². The van der Waals surface area contributed by atoms with Crippen LogP contribution in [0.4, 0.5) is 5.82 Å². The van der Waals surface area contributed by atoms with E-state index in [0.717, 1.165) is 15.2 Å². The first kappa shape index (κ1) is 11.0. The Morgan fingerprint density at radius 1 is 1.12 bits per heavy atom. The average Bonchev–Trinajstić information content (AvgIpc) is 2.33. The van der Waals surface area contributed by atoms with Gasteiger partial charge in [-0.2, -0.15) is 0 Å². The third-order valence-electron chi connectivity index (χ3n) is 1.81. The molecule has 0 aliphatic heterocycles. The van der Waals surface area contributed by atoms with Gasteiger partial charge in [0.25, 0.3) is 0 Å². The SMILES string of the molecule is Ic1ncc(/C=C/Nc2ccccn2)cn1. The first-order chi connectivity index (χ1) is 7.84. The van der Waals surface area contributed by atoms with Crippen LogP contribution < -0.4 is 5.32 Å². The molecule has 2 aromatic rings. The third-order valence-corrected chi connectivity index (χ3v) is 2.37. The van der Waals surface area contributed by atoms with Crippen molar-refractivity contribution < 1.29 is 0 Å². The van der Waals surface area contributed by atoms with Crippen molar-refractivity contribution >= 4 is 34.5 Å². The number of hydrogen-bond donors (Lipinski definition) is 1. The van der Waals surface area contributed by atoms with Gasteiger partial charge < -0.3 is 5.32 Å². The van der Waals surface area contributed by atoms with E-state index in [1.807, 2.05) is 30.5 Å². The molecule has 2 rings (SSSR count). The maximum absolute atomic E-state index is 4.13. The molecule has 0 atom stereocenters. The quantitative estimate of drug-likeness (QED) is 0.696. The molecular formula is C11H9IN4. The van der Waals surface area contributed by atoms with Crippen molar-refractivity contribution in [3.8, 4) is 0 Å². The lowest BCUT2D eigenvalue weighted by atomic mass is 10.3. The van der Waals surface area contributed by atoms with Gasteiger partial charge in [-0.3, -0.25) is 0 Å². The van der Waals surface area contributed by atoms with Crippen LogP contribution in [0.5, 0.6) is 0 Å². The molecule has 1 N–H and O–H groups in total. The molecule has 0 radical (unpaired) electrons. The number of nitrogens with zero attached hydrogens (tertiary/aromatic N) is 3. The van der Waals surface area contributed by atoms with Crippen molar-refractivity contribution in [3.05, 3.63) is 52.4 Å². The first-order valence-corrected chi connectivity index (χ1v) is 5.74. The van der Waals surface area contributed by atoms with E-state index in [2.05, 4.69) is 42.9 Å². The summed E-state index contributed by atoms with van der Waals surface area (Å²) in [4.78, 5) is 12.3. The molecule has 80 valence electrons. The molecule has 2 heterocycles. The van der Waals surface area contributed by atoms with Crippen LogP contribution in [0.2, 0.25) is 0 Å². The highest BCUT2D eigenvalue weighted by Gasteiger charge is 1.90. The molecule has 0 amide bonds. The largest absolute Gasteiger partial charge is 0.347 e. The molecule has 4 nitrogen and oxygen atoms in total. The average molecular weight is 324 g/mol. The summed E-state index contributed by atoms with van der Waals surface area (Å²) in [5.41, 5.74) is 0.948. The van der Waals surface area contributed by atoms with Crippen LogP contribution in [0.25, 0.3) is 6.08 Å². The van der Waals surface area contributed by atoms with Gasteiger partial charge in [0.2, 0.25) is 0 Å². The predicted molar refractivity (Wildman–Crippen MR) is 71.6 cm³/mol. The number of nitrogens with one attached hydrogen (secondary N) is 1. The van der Waals surface area contributed by atoms with Crippen molar-refractivity contribution in [1.29, 1.82) is 0 Å². The Morgan fingerprint density at radius 3 is 2.62 bits per heavy atom. The summed E-state index contributed by atoms with van der Waals surface area (Å²) in [7, 11) is 0. The highest BCUT2D eigenvalue weighted by Crippen LogP contribution is 2.03. The van der Waals surface area contributed by atoms with Gasteiger partial charge in [-0.05, 0) is 18.2 Å². The molecule has 0 aliphatic rings. The lowest BCUT2D eigenvalue weighted by Crippen LogP contribution is -1.90. The Bertz CT molecular complexity index is 467. The smallest absolute Gasteiger partial charge is 0.190 e. The van der Waals surface area contributed by atoms with E-state index in [1.54, 1.807) is 18.6 Å². The van der Waals surface area contributed by atoms with E-state index >= 15 is 0 Å². The lowest BCUT2D eigenvalue weighted by Gasteiger charge is -1.97. The predicted octanol–water partition coefficient (Wildman–Crippen LogP) is 2.56. The zero-order chi connectivity index (χ0) is 11.2. The number of hydrogen-bond acceptors (Lipinski definition) is 4. The van der Waals surface area contributed by atoms with Gasteiger partial charge >= 0.3 is 0 Å². The van der Waals surface area contributed by atoms with Crippen molar-refractivity contribution in [3.63, 3.8) is 0 Å². The van der Waals surface area contributed by atoms with E-state index in [-0.39, 0.29) is 0 Å². The molecule has 0 spiro atoms. The molecule has 0 aliphatic carbocycles. The number of halogens is 1. The van der Waals surface area contributed by atoms with Gasteiger partial charge in [0.15, 0.2) is 3.83 Å². The zero-order valence-corrected chi connectivity index (χ0v) is 10.5. The van der Waals surface area contributed by atoms with Crippen molar-refractivity contribution in [2.24, 2.45) is 0 Å². The Balaban J connectivity index is 1.98. The van der Waals surface area contributed by atoms with E-state index in [4.69, 9.17) is 0 Å². The monoisotopic (exact) mass is 324 g/mol. The molecule has 0 saturated heterocycles. The number of rotatable bonds is 3.